The molecular formula is C9H11Br2NOS. The molecule has 5 heteroatoms. The third-order valence-electron chi connectivity index (χ3n) is 1.75. The van der Waals surface area contributed by atoms with Crippen molar-refractivity contribution in [2.75, 3.05) is 6.54 Å². The standard InChI is InChI=1S/C9H11Br2NOS/c1-2-6(10)5-12-9(13)8-7(11)3-4-14-8/h3-4,6H,2,5H2,1H3,(H,12,13). The Bertz CT molecular complexity index is 314. The van der Waals surface area contributed by atoms with E-state index >= 15 is 0 Å². The van der Waals surface area contributed by atoms with Gasteiger partial charge in [0.2, 0.25) is 0 Å². The predicted octanol–water partition coefficient (Wildman–Crippen LogP) is 3.41. The second-order valence-electron chi connectivity index (χ2n) is 2.81. The fraction of sp³-hybridized carbons (Fsp3) is 0.444. The van der Waals surface area contributed by atoms with Crippen LogP contribution in [0.2, 0.25) is 0 Å². The van der Waals surface area contributed by atoms with Gasteiger partial charge in [-0.15, -0.1) is 11.3 Å². The minimum atomic E-state index is -0.00947. The van der Waals surface area contributed by atoms with E-state index in [1.54, 1.807) is 0 Å². The van der Waals surface area contributed by atoms with Gasteiger partial charge in [0.1, 0.15) is 4.88 Å². The lowest BCUT2D eigenvalue weighted by molar-refractivity contribution is 0.0957. The van der Waals surface area contributed by atoms with E-state index in [4.69, 9.17) is 0 Å². The van der Waals surface area contributed by atoms with Crippen molar-refractivity contribution in [3.05, 3.63) is 20.8 Å². The summed E-state index contributed by atoms with van der Waals surface area (Å²) in [5.74, 6) is -0.00947. The third-order valence-corrected chi connectivity index (χ3v) is 4.56. The van der Waals surface area contributed by atoms with Crippen molar-refractivity contribution >= 4 is 49.1 Å². The zero-order chi connectivity index (χ0) is 10.6. The third kappa shape index (κ3) is 3.37. The summed E-state index contributed by atoms with van der Waals surface area (Å²) in [6, 6.07) is 1.88. The molecule has 1 heterocycles. The van der Waals surface area contributed by atoms with E-state index in [9.17, 15) is 4.79 Å². The Morgan fingerprint density at radius 3 is 2.93 bits per heavy atom. The maximum absolute atomic E-state index is 11.6. The summed E-state index contributed by atoms with van der Waals surface area (Å²) in [6.45, 7) is 2.74. The Morgan fingerprint density at radius 1 is 1.71 bits per heavy atom. The van der Waals surface area contributed by atoms with Crippen LogP contribution in [0.3, 0.4) is 0 Å². The molecule has 0 radical (unpaired) electrons. The van der Waals surface area contributed by atoms with Crippen molar-refractivity contribution in [3.8, 4) is 0 Å². The van der Waals surface area contributed by atoms with Crippen LogP contribution in [-0.4, -0.2) is 17.3 Å². The molecule has 0 aromatic carbocycles. The van der Waals surface area contributed by atoms with E-state index < -0.39 is 0 Å². The molecule has 0 saturated carbocycles. The molecule has 0 saturated heterocycles. The highest BCUT2D eigenvalue weighted by atomic mass is 79.9. The number of thiophene rings is 1. The molecule has 14 heavy (non-hydrogen) atoms. The first-order valence-electron chi connectivity index (χ1n) is 4.30. The molecule has 0 spiro atoms. The van der Waals surface area contributed by atoms with Crippen LogP contribution in [0.1, 0.15) is 23.0 Å². The van der Waals surface area contributed by atoms with E-state index in [1.807, 2.05) is 11.4 Å². The minimum absolute atomic E-state index is 0.00947. The van der Waals surface area contributed by atoms with Crippen LogP contribution in [0, 0.1) is 0 Å². The van der Waals surface area contributed by atoms with Crippen LogP contribution in [-0.2, 0) is 0 Å². The van der Waals surface area contributed by atoms with E-state index in [2.05, 4.69) is 44.1 Å². The lowest BCUT2D eigenvalue weighted by Crippen LogP contribution is -2.28. The number of amides is 1. The smallest absolute Gasteiger partial charge is 0.262 e. The Morgan fingerprint density at radius 2 is 2.43 bits per heavy atom. The zero-order valence-corrected chi connectivity index (χ0v) is 11.7. The summed E-state index contributed by atoms with van der Waals surface area (Å²) >= 11 is 8.24. The van der Waals surface area contributed by atoms with Gasteiger partial charge in [0.15, 0.2) is 0 Å². The highest BCUT2D eigenvalue weighted by Gasteiger charge is 2.11. The highest BCUT2D eigenvalue weighted by Crippen LogP contribution is 2.22. The summed E-state index contributed by atoms with van der Waals surface area (Å²) < 4.78 is 0.864. The summed E-state index contributed by atoms with van der Waals surface area (Å²) in [4.78, 5) is 12.7. The number of hydrogen-bond donors (Lipinski definition) is 1. The van der Waals surface area contributed by atoms with Crippen LogP contribution < -0.4 is 5.32 Å². The molecule has 1 rings (SSSR count). The predicted molar refractivity (Wildman–Crippen MR) is 67.4 cm³/mol. The molecule has 1 atom stereocenters. The van der Waals surface area contributed by atoms with Crippen LogP contribution in [0.5, 0.6) is 0 Å². The molecule has 1 unspecified atom stereocenters. The van der Waals surface area contributed by atoms with Crippen molar-refractivity contribution < 1.29 is 4.79 Å². The summed E-state index contributed by atoms with van der Waals surface area (Å²) in [6.07, 6.45) is 1.01. The van der Waals surface area contributed by atoms with Gasteiger partial charge in [-0.3, -0.25) is 4.79 Å². The summed E-state index contributed by atoms with van der Waals surface area (Å²) in [7, 11) is 0. The average molecular weight is 341 g/mol. The van der Waals surface area contributed by atoms with Crippen molar-refractivity contribution in [1.82, 2.24) is 5.32 Å². The Labute approximate surface area is 104 Å². The van der Waals surface area contributed by atoms with Crippen LogP contribution >= 0.6 is 43.2 Å². The molecule has 0 aliphatic heterocycles. The number of alkyl halides is 1. The van der Waals surface area contributed by atoms with Crippen molar-refractivity contribution in [3.63, 3.8) is 0 Å². The summed E-state index contributed by atoms with van der Waals surface area (Å²) in [5.41, 5.74) is 0. The lowest BCUT2D eigenvalue weighted by Gasteiger charge is -2.07. The van der Waals surface area contributed by atoms with Gasteiger partial charge in [-0.25, -0.2) is 0 Å². The van der Waals surface area contributed by atoms with Gasteiger partial charge in [0, 0.05) is 15.8 Å². The lowest BCUT2D eigenvalue weighted by atomic mass is 10.3. The topological polar surface area (TPSA) is 29.1 Å². The van der Waals surface area contributed by atoms with Crippen molar-refractivity contribution in [2.24, 2.45) is 0 Å². The first-order valence-corrected chi connectivity index (χ1v) is 6.89. The monoisotopic (exact) mass is 339 g/mol. The fourth-order valence-electron chi connectivity index (χ4n) is 0.884. The molecule has 1 N–H and O–H groups in total. The van der Waals surface area contributed by atoms with Crippen LogP contribution in [0.25, 0.3) is 0 Å². The zero-order valence-electron chi connectivity index (χ0n) is 7.72. The first-order chi connectivity index (χ1) is 6.65. The van der Waals surface area contributed by atoms with Gasteiger partial charge in [-0.1, -0.05) is 22.9 Å². The molecule has 1 aromatic heterocycles. The van der Waals surface area contributed by atoms with Gasteiger partial charge in [-0.05, 0) is 33.8 Å². The van der Waals surface area contributed by atoms with E-state index in [0.717, 1.165) is 15.8 Å². The molecule has 0 aliphatic rings. The van der Waals surface area contributed by atoms with Gasteiger partial charge in [0.25, 0.3) is 5.91 Å². The molecule has 78 valence electrons. The normalized spacial score (nSPS) is 12.5. The van der Waals surface area contributed by atoms with Gasteiger partial charge in [0.05, 0.1) is 0 Å². The van der Waals surface area contributed by atoms with Crippen LogP contribution in [0.15, 0.2) is 15.9 Å². The molecule has 1 amide bonds. The van der Waals surface area contributed by atoms with E-state index in [1.165, 1.54) is 11.3 Å². The molecule has 2 nitrogen and oxygen atoms in total. The second kappa shape index (κ2) is 5.88. The number of carbonyl (C=O) groups is 1. The molecule has 0 bridgehead atoms. The molecule has 0 aliphatic carbocycles. The maximum atomic E-state index is 11.6. The minimum Gasteiger partial charge on any atom is -0.350 e. The summed E-state index contributed by atoms with van der Waals surface area (Å²) in [5, 5.41) is 4.76. The Kier molecular flexibility index (Phi) is 5.12. The van der Waals surface area contributed by atoms with Gasteiger partial charge in [-0.2, -0.15) is 0 Å². The Balaban J connectivity index is 2.47. The number of carbonyl (C=O) groups excluding carboxylic acids is 1. The number of hydrogen-bond acceptors (Lipinski definition) is 2. The fourth-order valence-corrected chi connectivity index (χ4v) is 2.51. The van der Waals surface area contributed by atoms with Gasteiger partial charge >= 0.3 is 0 Å². The van der Waals surface area contributed by atoms with Crippen molar-refractivity contribution in [1.29, 1.82) is 0 Å². The van der Waals surface area contributed by atoms with Crippen molar-refractivity contribution in [2.45, 2.75) is 18.2 Å². The quantitative estimate of drug-likeness (QED) is 0.836. The van der Waals surface area contributed by atoms with Gasteiger partial charge < -0.3 is 5.32 Å². The molecular weight excluding hydrogens is 330 g/mol. The largest absolute Gasteiger partial charge is 0.350 e. The van der Waals surface area contributed by atoms with E-state index in [0.29, 0.717) is 11.4 Å². The number of rotatable bonds is 4. The average Bonchev–Trinajstić information content (AvgIpc) is 2.60. The maximum Gasteiger partial charge on any atom is 0.262 e. The van der Waals surface area contributed by atoms with E-state index in [-0.39, 0.29) is 5.91 Å². The highest BCUT2D eigenvalue weighted by molar-refractivity contribution is 9.10. The molecule has 0 fully saturated rings. The molecule has 1 aromatic rings. The number of halogens is 2. The Hall–Kier alpha value is 0.130. The second-order valence-corrected chi connectivity index (χ2v) is 5.88. The number of nitrogens with one attached hydrogen (secondary N) is 1. The van der Waals surface area contributed by atoms with Crippen LogP contribution in [0.4, 0.5) is 0 Å². The first kappa shape index (κ1) is 12.2. The SMILES string of the molecule is CCC(Br)CNC(=O)c1sccc1Br.